The van der Waals surface area contributed by atoms with Gasteiger partial charge in [-0.3, -0.25) is 4.79 Å². The van der Waals surface area contributed by atoms with Crippen molar-refractivity contribution < 1.29 is 4.79 Å². The first-order valence-corrected chi connectivity index (χ1v) is 6.88. The van der Waals surface area contributed by atoms with E-state index in [0.29, 0.717) is 23.8 Å². The van der Waals surface area contributed by atoms with Crippen LogP contribution in [-0.2, 0) is 0 Å². The summed E-state index contributed by atoms with van der Waals surface area (Å²) in [6.07, 6.45) is 4.63. The smallest absolute Gasteiger partial charge is 0.275 e. The van der Waals surface area contributed by atoms with Crippen LogP contribution in [0.1, 0.15) is 36.2 Å². The van der Waals surface area contributed by atoms with Crippen molar-refractivity contribution in [2.45, 2.75) is 43.8 Å². The van der Waals surface area contributed by atoms with Gasteiger partial charge in [-0.15, -0.1) is 5.10 Å². The predicted octanol–water partition coefficient (Wildman–Crippen LogP) is 0.893. The van der Waals surface area contributed by atoms with Crippen molar-refractivity contribution in [2.75, 3.05) is 7.05 Å². The molecule has 2 aliphatic rings. The molecule has 1 aromatic rings. The molecule has 0 spiro atoms. The second-order valence-corrected chi connectivity index (χ2v) is 5.58. The van der Waals surface area contributed by atoms with Crippen LogP contribution in [0.4, 0.5) is 0 Å². The molecule has 3 heterocycles. The van der Waals surface area contributed by atoms with Crippen LogP contribution in [0.5, 0.6) is 0 Å². The molecular formula is C11H16N4OS. The van der Waals surface area contributed by atoms with Crippen LogP contribution in [0.15, 0.2) is 5.38 Å². The second kappa shape index (κ2) is 4.34. The van der Waals surface area contributed by atoms with Crippen LogP contribution in [-0.4, -0.2) is 45.6 Å². The fraction of sp³-hybridized carbons (Fsp3) is 0.727. The third kappa shape index (κ3) is 2.07. The number of amides is 1. The number of aromatic nitrogens is 2. The van der Waals surface area contributed by atoms with E-state index in [-0.39, 0.29) is 5.91 Å². The first-order chi connectivity index (χ1) is 8.24. The molecule has 2 saturated heterocycles. The normalized spacial score (nSPS) is 31.5. The SMILES string of the molecule is CN(C(=O)c1csnn1)C1CC2CCC(C1)N2. The maximum absolute atomic E-state index is 12.1. The van der Waals surface area contributed by atoms with Crippen molar-refractivity contribution in [2.24, 2.45) is 0 Å². The Morgan fingerprint density at radius 2 is 2.18 bits per heavy atom. The van der Waals surface area contributed by atoms with E-state index in [2.05, 4.69) is 14.9 Å². The first kappa shape index (κ1) is 11.1. The van der Waals surface area contributed by atoms with Gasteiger partial charge in [-0.05, 0) is 37.2 Å². The van der Waals surface area contributed by atoms with Crippen molar-refractivity contribution in [1.29, 1.82) is 0 Å². The fourth-order valence-electron chi connectivity index (χ4n) is 2.95. The Morgan fingerprint density at radius 3 is 2.76 bits per heavy atom. The summed E-state index contributed by atoms with van der Waals surface area (Å²) in [5.74, 6) is 0.00468. The summed E-state index contributed by atoms with van der Waals surface area (Å²) in [6.45, 7) is 0. The number of hydrogen-bond acceptors (Lipinski definition) is 5. The zero-order valence-corrected chi connectivity index (χ0v) is 10.6. The minimum Gasteiger partial charge on any atom is -0.337 e. The van der Waals surface area contributed by atoms with Gasteiger partial charge in [0.2, 0.25) is 0 Å². The van der Waals surface area contributed by atoms with Gasteiger partial charge in [-0.2, -0.15) is 0 Å². The van der Waals surface area contributed by atoms with Crippen LogP contribution in [0.25, 0.3) is 0 Å². The van der Waals surface area contributed by atoms with Crippen molar-refractivity contribution in [3.63, 3.8) is 0 Å². The maximum atomic E-state index is 12.1. The van der Waals surface area contributed by atoms with Crippen LogP contribution in [0.2, 0.25) is 0 Å². The lowest BCUT2D eigenvalue weighted by atomic mass is 9.98. The maximum Gasteiger partial charge on any atom is 0.275 e. The van der Waals surface area contributed by atoms with E-state index in [9.17, 15) is 4.79 Å². The highest BCUT2D eigenvalue weighted by Crippen LogP contribution is 2.29. The number of hydrogen-bond donors (Lipinski definition) is 1. The Kier molecular flexibility index (Phi) is 2.84. The fourth-order valence-corrected chi connectivity index (χ4v) is 3.38. The molecule has 2 atom stereocenters. The highest BCUT2D eigenvalue weighted by molar-refractivity contribution is 7.03. The summed E-state index contributed by atoms with van der Waals surface area (Å²) in [6, 6.07) is 1.55. The third-order valence-electron chi connectivity index (χ3n) is 3.90. The molecule has 2 aliphatic heterocycles. The van der Waals surface area contributed by atoms with E-state index in [1.807, 2.05) is 11.9 Å². The number of piperidine rings is 1. The molecule has 2 fully saturated rings. The lowest BCUT2D eigenvalue weighted by molar-refractivity contribution is 0.0676. The van der Waals surface area contributed by atoms with Crippen LogP contribution in [0, 0.1) is 0 Å². The summed E-state index contributed by atoms with van der Waals surface area (Å²) in [4.78, 5) is 14.0. The molecule has 0 aliphatic carbocycles. The van der Waals surface area contributed by atoms with Gasteiger partial charge < -0.3 is 10.2 Å². The van der Waals surface area contributed by atoms with Crippen molar-refractivity contribution in [3.8, 4) is 0 Å². The largest absolute Gasteiger partial charge is 0.337 e. The summed E-state index contributed by atoms with van der Waals surface area (Å²) >= 11 is 1.22. The zero-order chi connectivity index (χ0) is 11.8. The summed E-state index contributed by atoms with van der Waals surface area (Å²) < 4.78 is 3.74. The summed E-state index contributed by atoms with van der Waals surface area (Å²) in [5.41, 5.74) is 0.475. The van der Waals surface area contributed by atoms with Crippen molar-refractivity contribution >= 4 is 17.4 Å². The number of carbonyl (C=O) groups excluding carboxylic acids is 1. The van der Waals surface area contributed by atoms with E-state index < -0.39 is 0 Å². The molecule has 17 heavy (non-hydrogen) atoms. The van der Waals surface area contributed by atoms with E-state index in [1.165, 1.54) is 24.4 Å². The van der Waals surface area contributed by atoms with Gasteiger partial charge in [0.15, 0.2) is 5.69 Å². The quantitative estimate of drug-likeness (QED) is 0.849. The molecule has 0 radical (unpaired) electrons. The van der Waals surface area contributed by atoms with Crippen molar-refractivity contribution in [3.05, 3.63) is 11.1 Å². The first-order valence-electron chi connectivity index (χ1n) is 6.04. The Balaban J connectivity index is 1.70. The Morgan fingerprint density at radius 1 is 1.47 bits per heavy atom. The highest BCUT2D eigenvalue weighted by Gasteiger charge is 2.36. The Hall–Kier alpha value is -1.01. The van der Waals surface area contributed by atoms with Gasteiger partial charge in [-0.25, -0.2) is 0 Å². The minimum atomic E-state index is 0.00468. The molecular weight excluding hydrogens is 236 g/mol. The van der Waals surface area contributed by atoms with Gasteiger partial charge in [0.05, 0.1) is 0 Å². The van der Waals surface area contributed by atoms with E-state index in [4.69, 9.17) is 0 Å². The lowest BCUT2D eigenvalue weighted by Gasteiger charge is -2.35. The minimum absolute atomic E-state index is 0.00468. The van der Waals surface area contributed by atoms with Gasteiger partial charge in [-0.1, -0.05) is 4.49 Å². The molecule has 0 saturated carbocycles. The average molecular weight is 252 g/mol. The van der Waals surface area contributed by atoms with Crippen molar-refractivity contribution in [1.82, 2.24) is 19.8 Å². The van der Waals surface area contributed by atoms with E-state index in [0.717, 1.165) is 12.8 Å². The molecule has 1 aromatic heterocycles. The molecule has 1 N–H and O–H groups in total. The number of rotatable bonds is 2. The molecule has 6 heteroatoms. The van der Waals surface area contributed by atoms with Gasteiger partial charge >= 0.3 is 0 Å². The topological polar surface area (TPSA) is 58.1 Å². The number of nitrogens with zero attached hydrogens (tertiary/aromatic N) is 3. The van der Waals surface area contributed by atoms with Gasteiger partial charge in [0.25, 0.3) is 5.91 Å². The lowest BCUT2D eigenvalue weighted by Crippen LogP contribution is -2.48. The predicted molar refractivity (Wildman–Crippen MR) is 65.0 cm³/mol. The zero-order valence-electron chi connectivity index (χ0n) is 9.80. The van der Waals surface area contributed by atoms with E-state index in [1.54, 1.807) is 5.38 Å². The summed E-state index contributed by atoms with van der Waals surface area (Å²) in [7, 11) is 1.89. The Labute approximate surface area is 104 Å². The van der Waals surface area contributed by atoms with Gasteiger partial charge in [0, 0.05) is 30.6 Å². The molecule has 0 aromatic carbocycles. The highest BCUT2D eigenvalue weighted by atomic mass is 32.1. The number of fused-ring (bicyclic) bond motifs is 2. The van der Waals surface area contributed by atoms with Crippen LogP contribution >= 0.6 is 11.5 Å². The second-order valence-electron chi connectivity index (χ2n) is 4.97. The molecule has 1 amide bonds. The third-order valence-corrected chi connectivity index (χ3v) is 4.40. The Bertz CT molecular complexity index is 396. The molecule has 3 rings (SSSR count). The number of nitrogens with one attached hydrogen (secondary N) is 1. The van der Waals surface area contributed by atoms with Crippen LogP contribution < -0.4 is 5.32 Å². The molecule has 2 bridgehead atoms. The standard InChI is InChI=1S/C11H16N4OS/c1-15(11(16)10-6-17-14-13-10)9-4-7-2-3-8(5-9)12-7/h6-9,12H,2-5H2,1H3. The van der Waals surface area contributed by atoms with Gasteiger partial charge in [0.1, 0.15) is 0 Å². The van der Waals surface area contributed by atoms with E-state index >= 15 is 0 Å². The molecule has 92 valence electrons. The monoisotopic (exact) mass is 252 g/mol. The summed E-state index contributed by atoms with van der Waals surface area (Å²) in [5, 5.41) is 9.15. The van der Waals surface area contributed by atoms with Crippen LogP contribution in [0.3, 0.4) is 0 Å². The molecule has 2 unspecified atom stereocenters. The molecule has 5 nitrogen and oxygen atoms in total. The average Bonchev–Trinajstić information content (AvgIpc) is 2.97. The number of carbonyl (C=O) groups is 1.